The maximum absolute atomic E-state index is 12.6. The number of allylic oxidation sites excluding steroid dienone is 2. The maximum Gasteiger partial charge on any atom is 0.316 e. The van der Waals surface area contributed by atoms with Gasteiger partial charge in [0.15, 0.2) is 0 Å². The number of nitrogens with one attached hydrogen (secondary N) is 1. The SMILES string of the molecule is Cl.O=C(O)C1(CCNC[C@H](O)c2ccccc2)C=CC(c2ccccc2)=CC1OCCCF. The molecule has 2 unspecified atom stereocenters. The summed E-state index contributed by atoms with van der Waals surface area (Å²) in [6.07, 6.45) is 4.39. The van der Waals surface area contributed by atoms with Crippen LogP contribution in [0.3, 0.4) is 0 Å². The van der Waals surface area contributed by atoms with Crippen molar-refractivity contribution in [2.45, 2.75) is 25.0 Å². The molecule has 5 nitrogen and oxygen atoms in total. The van der Waals surface area contributed by atoms with Crippen LogP contribution in [0.1, 0.15) is 30.1 Å². The molecule has 33 heavy (non-hydrogen) atoms. The van der Waals surface area contributed by atoms with Crippen LogP contribution in [0.2, 0.25) is 0 Å². The Morgan fingerprint density at radius 2 is 1.79 bits per heavy atom. The predicted octanol–water partition coefficient (Wildman–Crippen LogP) is 4.59. The van der Waals surface area contributed by atoms with Crippen LogP contribution in [-0.2, 0) is 9.53 Å². The third-order valence-corrected chi connectivity index (χ3v) is 5.72. The summed E-state index contributed by atoms with van der Waals surface area (Å²) in [5, 5.41) is 23.6. The first-order valence-electron chi connectivity index (χ1n) is 10.9. The van der Waals surface area contributed by atoms with E-state index in [0.717, 1.165) is 16.7 Å². The number of carbonyl (C=O) groups is 1. The predicted molar refractivity (Wildman–Crippen MR) is 130 cm³/mol. The van der Waals surface area contributed by atoms with E-state index in [0.29, 0.717) is 13.1 Å². The first kappa shape index (κ1) is 26.7. The number of carboxylic acid groups (broad SMARTS) is 1. The number of aliphatic hydroxyl groups is 1. The molecule has 0 heterocycles. The maximum atomic E-state index is 12.6. The molecule has 3 atom stereocenters. The highest BCUT2D eigenvalue weighted by atomic mass is 35.5. The molecule has 0 amide bonds. The number of rotatable bonds is 12. The smallest absolute Gasteiger partial charge is 0.316 e. The highest BCUT2D eigenvalue weighted by Gasteiger charge is 2.45. The van der Waals surface area contributed by atoms with Gasteiger partial charge in [0, 0.05) is 13.2 Å². The minimum Gasteiger partial charge on any atom is -0.481 e. The van der Waals surface area contributed by atoms with Crippen molar-refractivity contribution in [1.29, 1.82) is 0 Å². The Morgan fingerprint density at radius 3 is 2.42 bits per heavy atom. The average molecular weight is 476 g/mol. The monoisotopic (exact) mass is 475 g/mol. The molecule has 0 aromatic heterocycles. The van der Waals surface area contributed by atoms with Gasteiger partial charge in [-0.25, -0.2) is 0 Å². The van der Waals surface area contributed by atoms with Crippen molar-refractivity contribution in [2.24, 2.45) is 5.41 Å². The molecular weight excluding hydrogens is 445 g/mol. The lowest BCUT2D eigenvalue weighted by molar-refractivity contribution is -0.153. The Bertz CT molecular complexity index is 922. The number of ether oxygens (including phenoxy) is 1. The fraction of sp³-hybridized carbons (Fsp3) is 0.346. The van der Waals surface area contributed by atoms with Crippen molar-refractivity contribution >= 4 is 23.9 Å². The molecule has 0 bridgehead atoms. The minimum absolute atomic E-state index is 0. The number of carboxylic acids is 1. The molecule has 2 aromatic carbocycles. The lowest BCUT2D eigenvalue weighted by atomic mass is 9.74. The summed E-state index contributed by atoms with van der Waals surface area (Å²) in [5.41, 5.74) is 1.36. The van der Waals surface area contributed by atoms with E-state index in [-0.39, 0.29) is 31.9 Å². The summed E-state index contributed by atoms with van der Waals surface area (Å²) in [4.78, 5) is 12.4. The van der Waals surface area contributed by atoms with Crippen molar-refractivity contribution in [3.63, 3.8) is 0 Å². The van der Waals surface area contributed by atoms with E-state index in [2.05, 4.69) is 5.32 Å². The van der Waals surface area contributed by atoms with Gasteiger partial charge in [0.2, 0.25) is 0 Å². The standard InChI is InChI=1S/C26H30FNO4.ClH/c27-15-7-17-32-24-18-22(20-8-3-1-4-9-20)12-13-26(24,25(30)31)14-16-28-19-23(29)21-10-5-2-6-11-21;/h1-6,8-13,18,23-24,28-29H,7,14-17,19H2,(H,30,31);1H/t23-,24?,26?;/m0./s1. The Labute approximate surface area is 200 Å². The van der Waals surface area contributed by atoms with E-state index < -0.39 is 30.3 Å². The van der Waals surface area contributed by atoms with Crippen LogP contribution in [-0.4, -0.2) is 48.7 Å². The highest BCUT2D eigenvalue weighted by molar-refractivity contribution is 5.85. The lowest BCUT2D eigenvalue weighted by Crippen LogP contribution is -2.45. The van der Waals surface area contributed by atoms with Gasteiger partial charge in [-0.2, -0.15) is 0 Å². The molecule has 1 aliphatic rings. The third-order valence-electron chi connectivity index (χ3n) is 5.72. The van der Waals surface area contributed by atoms with Gasteiger partial charge >= 0.3 is 5.97 Å². The van der Waals surface area contributed by atoms with Gasteiger partial charge in [-0.05, 0) is 42.2 Å². The van der Waals surface area contributed by atoms with Gasteiger partial charge in [-0.1, -0.05) is 72.8 Å². The summed E-state index contributed by atoms with van der Waals surface area (Å²) < 4.78 is 18.5. The lowest BCUT2D eigenvalue weighted by Gasteiger charge is -2.36. The molecule has 1 aliphatic carbocycles. The van der Waals surface area contributed by atoms with Crippen LogP contribution in [0.5, 0.6) is 0 Å². The molecule has 3 rings (SSSR count). The Morgan fingerprint density at radius 1 is 1.12 bits per heavy atom. The molecule has 3 N–H and O–H groups in total. The third kappa shape index (κ3) is 6.98. The van der Waals surface area contributed by atoms with Crippen LogP contribution in [0.4, 0.5) is 4.39 Å². The van der Waals surface area contributed by atoms with Crippen LogP contribution < -0.4 is 5.32 Å². The van der Waals surface area contributed by atoms with Gasteiger partial charge in [0.1, 0.15) is 5.41 Å². The van der Waals surface area contributed by atoms with E-state index in [1.807, 2.05) is 72.8 Å². The Balaban J connectivity index is 0.00000385. The summed E-state index contributed by atoms with van der Waals surface area (Å²) in [5.74, 6) is -0.993. The first-order valence-corrected chi connectivity index (χ1v) is 10.9. The number of benzene rings is 2. The van der Waals surface area contributed by atoms with Crippen LogP contribution in [0, 0.1) is 5.41 Å². The van der Waals surface area contributed by atoms with Crippen LogP contribution in [0.15, 0.2) is 78.9 Å². The number of hydrogen-bond donors (Lipinski definition) is 3. The number of aliphatic carboxylic acids is 1. The number of halogens is 2. The van der Waals surface area contributed by atoms with Gasteiger partial charge < -0.3 is 20.3 Å². The number of hydrogen-bond acceptors (Lipinski definition) is 4. The summed E-state index contributed by atoms with van der Waals surface area (Å²) in [6, 6.07) is 19.0. The van der Waals surface area contributed by atoms with Crippen molar-refractivity contribution in [3.05, 3.63) is 90.0 Å². The van der Waals surface area contributed by atoms with Crippen LogP contribution >= 0.6 is 12.4 Å². The van der Waals surface area contributed by atoms with E-state index in [9.17, 15) is 19.4 Å². The van der Waals surface area contributed by atoms with E-state index in [1.54, 1.807) is 6.08 Å². The molecule has 0 fully saturated rings. The molecule has 7 heteroatoms. The van der Waals surface area contributed by atoms with Gasteiger partial charge in [-0.15, -0.1) is 12.4 Å². The largest absolute Gasteiger partial charge is 0.481 e. The zero-order chi connectivity index (χ0) is 22.8. The fourth-order valence-electron chi connectivity index (χ4n) is 3.84. The second kappa shape index (κ2) is 13.3. The normalized spacial score (nSPS) is 20.5. The average Bonchev–Trinajstić information content (AvgIpc) is 2.83. The van der Waals surface area contributed by atoms with Crippen LogP contribution in [0.25, 0.3) is 5.57 Å². The van der Waals surface area contributed by atoms with Gasteiger partial charge in [0.25, 0.3) is 0 Å². The van der Waals surface area contributed by atoms with Crippen molar-refractivity contribution in [2.75, 3.05) is 26.4 Å². The van der Waals surface area contributed by atoms with Crippen molar-refractivity contribution < 1.29 is 24.1 Å². The molecular formula is C26H31ClFNO4. The van der Waals surface area contributed by atoms with E-state index in [4.69, 9.17) is 4.74 Å². The molecule has 178 valence electrons. The molecule has 0 aliphatic heterocycles. The number of aliphatic hydroxyl groups excluding tert-OH is 1. The summed E-state index contributed by atoms with van der Waals surface area (Å²) >= 11 is 0. The quantitative estimate of drug-likeness (QED) is 0.391. The minimum atomic E-state index is -1.28. The topological polar surface area (TPSA) is 78.8 Å². The van der Waals surface area contributed by atoms with E-state index in [1.165, 1.54) is 0 Å². The molecule has 0 saturated heterocycles. The van der Waals surface area contributed by atoms with Crippen molar-refractivity contribution in [1.82, 2.24) is 5.32 Å². The van der Waals surface area contributed by atoms with Crippen molar-refractivity contribution in [3.8, 4) is 0 Å². The summed E-state index contributed by atoms with van der Waals surface area (Å²) in [7, 11) is 0. The Kier molecular flexibility index (Phi) is 10.7. The highest BCUT2D eigenvalue weighted by Crippen LogP contribution is 2.38. The van der Waals surface area contributed by atoms with Gasteiger partial charge in [-0.3, -0.25) is 9.18 Å². The van der Waals surface area contributed by atoms with E-state index >= 15 is 0 Å². The fourth-order valence-corrected chi connectivity index (χ4v) is 3.84. The number of alkyl halides is 1. The second-order valence-electron chi connectivity index (χ2n) is 7.88. The Hall–Kier alpha value is -2.51. The second-order valence-corrected chi connectivity index (χ2v) is 7.88. The summed E-state index contributed by atoms with van der Waals surface area (Å²) in [6.45, 7) is 0.305. The van der Waals surface area contributed by atoms with Gasteiger partial charge in [0.05, 0.1) is 18.9 Å². The zero-order valence-corrected chi connectivity index (χ0v) is 19.2. The first-order chi connectivity index (χ1) is 15.6. The molecule has 0 spiro atoms. The molecule has 0 radical (unpaired) electrons. The molecule has 2 aromatic rings. The molecule has 0 saturated carbocycles. The zero-order valence-electron chi connectivity index (χ0n) is 18.4.